The second-order valence-electron chi connectivity index (χ2n) is 16.1. The van der Waals surface area contributed by atoms with Gasteiger partial charge in [0.25, 0.3) is 0 Å². The van der Waals surface area contributed by atoms with E-state index in [9.17, 15) is 24.0 Å². The van der Waals surface area contributed by atoms with E-state index in [0.29, 0.717) is 25.9 Å². The van der Waals surface area contributed by atoms with Gasteiger partial charge in [-0.25, -0.2) is 14.4 Å². The van der Waals surface area contributed by atoms with Gasteiger partial charge in [0, 0.05) is 25.2 Å². The molecule has 0 spiro atoms. The van der Waals surface area contributed by atoms with Crippen LogP contribution in [-0.4, -0.2) is 88.0 Å². The van der Waals surface area contributed by atoms with E-state index < -0.39 is 53.2 Å². The highest BCUT2D eigenvalue weighted by Gasteiger charge is 2.54. The van der Waals surface area contributed by atoms with E-state index in [2.05, 4.69) is 34.9 Å². The summed E-state index contributed by atoms with van der Waals surface area (Å²) in [4.78, 5) is 71.1. The molecular weight excluding hydrogens is 588 g/mol. The van der Waals surface area contributed by atoms with Gasteiger partial charge in [-0.2, -0.15) is 0 Å². The van der Waals surface area contributed by atoms with Crippen LogP contribution in [0.1, 0.15) is 80.1 Å². The van der Waals surface area contributed by atoms with Crippen LogP contribution in [0.4, 0.5) is 4.79 Å². The van der Waals surface area contributed by atoms with Gasteiger partial charge in [0.15, 0.2) is 0 Å². The lowest BCUT2D eigenvalue weighted by Gasteiger charge is -2.36. The van der Waals surface area contributed by atoms with Gasteiger partial charge in [-0.05, 0) is 104 Å². The lowest BCUT2D eigenvalue weighted by Crippen LogP contribution is -2.57. The largest absolute Gasteiger partial charge is 0.458 e. The van der Waals surface area contributed by atoms with E-state index in [0.717, 1.165) is 25.7 Å². The smallest absolute Gasteiger partial charge is 0.329 e. The number of fused-ring (bicyclic) bond motifs is 4. The molecule has 6 aliphatic rings. The molecule has 2 heterocycles. The Morgan fingerprint density at radius 2 is 0.978 bits per heavy atom. The van der Waals surface area contributed by atoms with E-state index >= 15 is 0 Å². The average Bonchev–Trinajstić information content (AvgIpc) is 3.80. The van der Waals surface area contributed by atoms with Crippen LogP contribution in [0.3, 0.4) is 0 Å². The Hall–Kier alpha value is -3.37. The third-order valence-electron chi connectivity index (χ3n) is 10.5. The summed E-state index contributed by atoms with van der Waals surface area (Å²) >= 11 is 0. The minimum atomic E-state index is -0.648. The monoisotopic (exact) mass is 638 g/mol. The van der Waals surface area contributed by atoms with Crippen molar-refractivity contribution >= 4 is 29.8 Å². The number of likely N-dealkylation sites (tertiary alicyclic amines) is 2. The molecule has 4 amide bonds. The van der Waals surface area contributed by atoms with Crippen molar-refractivity contribution in [3.8, 4) is 0 Å². The molecule has 2 saturated carbocycles. The number of carbonyl (C=O) groups is 5. The molecule has 4 aliphatic carbocycles. The zero-order valence-corrected chi connectivity index (χ0v) is 28.0. The fourth-order valence-corrected chi connectivity index (χ4v) is 8.73. The molecule has 0 aromatic heterocycles. The van der Waals surface area contributed by atoms with Crippen molar-refractivity contribution in [3.05, 3.63) is 24.3 Å². The van der Waals surface area contributed by atoms with Crippen LogP contribution in [0.2, 0.25) is 0 Å². The van der Waals surface area contributed by atoms with Crippen LogP contribution in [0, 0.1) is 35.5 Å². The molecule has 4 bridgehead atoms. The second kappa shape index (κ2) is 12.0. The van der Waals surface area contributed by atoms with Gasteiger partial charge in [0.1, 0.15) is 23.3 Å². The topological polar surface area (TPSA) is 134 Å². The SMILES string of the molecule is CC(C)(C)OC(=O)[C@H]1CCCN1C(=O)C1[C@@H](NC(=O)N[C@H]2[C@@H](C(=O)N3CCC[C@@H]3C(=O)OC(C)(C)C)[C@H]3C=C[C@@H]2C3)[C@@H]2C=C[C@H]1C2. The summed E-state index contributed by atoms with van der Waals surface area (Å²) in [5.74, 6) is -1.93. The molecule has 10 atom stereocenters. The molecule has 6 rings (SSSR count). The normalized spacial score (nSPS) is 36.0. The number of esters is 2. The molecule has 0 aromatic carbocycles. The average molecular weight is 639 g/mol. The van der Waals surface area contributed by atoms with E-state index in [1.165, 1.54) is 0 Å². The molecule has 0 aromatic rings. The summed E-state index contributed by atoms with van der Waals surface area (Å²) in [6.45, 7) is 11.9. The minimum Gasteiger partial charge on any atom is -0.458 e. The van der Waals surface area contributed by atoms with Gasteiger partial charge >= 0.3 is 18.0 Å². The van der Waals surface area contributed by atoms with Gasteiger partial charge in [-0.15, -0.1) is 0 Å². The van der Waals surface area contributed by atoms with E-state index in [4.69, 9.17) is 9.47 Å². The van der Waals surface area contributed by atoms with Crippen LogP contribution in [0.25, 0.3) is 0 Å². The Morgan fingerprint density at radius 1 is 0.609 bits per heavy atom. The zero-order valence-electron chi connectivity index (χ0n) is 28.0. The van der Waals surface area contributed by atoms with Crippen molar-refractivity contribution in [1.29, 1.82) is 0 Å². The lowest BCUT2D eigenvalue weighted by atomic mass is 9.86. The van der Waals surface area contributed by atoms with E-state index in [-0.39, 0.29) is 47.4 Å². The number of carbonyl (C=O) groups excluding carboxylic acids is 5. The number of urea groups is 1. The molecule has 2 N–H and O–H groups in total. The number of hydrogen-bond donors (Lipinski definition) is 2. The Balaban J connectivity index is 1.13. The first-order valence-electron chi connectivity index (χ1n) is 17.1. The van der Waals surface area contributed by atoms with Gasteiger partial charge < -0.3 is 29.9 Å². The maximum absolute atomic E-state index is 14.0. The number of rotatable bonds is 6. The van der Waals surface area contributed by atoms with Gasteiger partial charge in [-0.3, -0.25) is 9.59 Å². The standard InChI is InChI=1S/C35H50N4O7/c1-34(2,3)45-31(42)23-9-7-15-38(23)29(40)25-19-11-13-21(17-19)27(25)36-33(44)37-28-22-14-12-20(18-22)26(28)30(41)39-16-8-10-24(39)32(43)46-35(4,5)6/h11-14,19-28H,7-10,15-18H2,1-6H3,(H2,36,37,44)/t19-,20-,21+,22+,23+,24+,25-,26?,27+,28-/m0/s1. The molecule has 4 fully saturated rings. The van der Waals surface area contributed by atoms with Crippen LogP contribution >= 0.6 is 0 Å². The van der Waals surface area contributed by atoms with E-state index in [1.807, 2.05) is 41.5 Å². The summed E-state index contributed by atoms with van der Waals surface area (Å²) in [5.41, 5.74) is -1.30. The van der Waals surface area contributed by atoms with Crippen LogP contribution in [0.15, 0.2) is 24.3 Å². The fraction of sp³-hybridized carbons (Fsp3) is 0.743. The summed E-state index contributed by atoms with van der Waals surface area (Å²) in [6.07, 6.45) is 12.4. The van der Waals surface area contributed by atoms with Crippen molar-refractivity contribution in [2.45, 2.75) is 115 Å². The molecular formula is C35H50N4O7. The van der Waals surface area contributed by atoms with Crippen LogP contribution < -0.4 is 10.6 Å². The first-order chi connectivity index (χ1) is 21.6. The molecule has 1 unspecified atom stereocenters. The fourth-order valence-electron chi connectivity index (χ4n) is 8.73. The van der Waals surface area contributed by atoms with Crippen molar-refractivity contribution in [2.75, 3.05) is 13.1 Å². The van der Waals surface area contributed by atoms with Crippen molar-refractivity contribution < 1.29 is 33.4 Å². The van der Waals surface area contributed by atoms with Crippen molar-refractivity contribution in [3.63, 3.8) is 0 Å². The third kappa shape index (κ3) is 6.30. The van der Waals surface area contributed by atoms with Crippen molar-refractivity contribution in [2.24, 2.45) is 35.5 Å². The van der Waals surface area contributed by atoms with Crippen LogP contribution in [0.5, 0.6) is 0 Å². The number of allylic oxidation sites excluding steroid dienone is 2. The predicted molar refractivity (Wildman–Crippen MR) is 169 cm³/mol. The zero-order chi connectivity index (χ0) is 33.1. The quantitative estimate of drug-likeness (QED) is 0.337. The minimum absolute atomic E-state index is 0.0117. The molecule has 11 heteroatoms. The highest BCUT2D eigenvalue weighted by atomic mass is 16.6. The number of nitrogens with one attached hydrogen (secondary N) is 2. The molecule has 11 nitrogen and oxygen atoms in total. The summed E-state index contributed by atoms with van der Waals surface area (Å²) in [5, 5.41) is 6.25. The van der Waals surface area contributed by atoms with Gasteiger partial charge in [-0.1, -0.05) is 24.3 Å². The van der Waals surface area contributed by atoms with Gasteiger partial charge in [0.05, 0.1) is 11.8 Å². The van der Waals surface area contributed by atoms with Crippen LogP contribution in [-0.2, 0) is 28.7 Å². The molecule has 2 saturated heterocycles. The maximum Gasteiger partial charge on any atom is 0.329 e. The summed E-state index contributed by atoms with van der Waals surface area (Å²) < 4.78 is 11.3. The summed E-state index contributed by atoms with van der Waals surface area (Å²) in [6, 6.07) is -2.47. The first kappa shape index (κ1) is 32.6. The Morgan fingerprint density at radius 3 is 1.35 bits per heavy atom. The highest BCUT2D eigenvalue weighted by Crippen LogP contribution is 2.47. The molecule has 46 heavy (non-hydrogen) atoms. The third-order valence-corrected chi connectivity index (χ3v) is 10.5. The predicted octanol–water partition coefficient (Wildman–Crippen LogP) is 3.33. The number of amides is 4. The van der Waals surface area contributed by atoms with E-state index in [1.54, 1.807) is 9.80 Å². The Kier molecular flexibility index (Phi) is 8.51. The Bertz CT molecular complexity index is 1230. The first-order valence-corrected chi connectivity index (χ1v) is 17.1. The van der Waals surface area contributed by atoms with Gasteiger partial charge in [0.2, 0.25) is 11.8 Å². The number of ether oxygens (including phenoxy) is 2. The van der Waals surface area contributed by atoms with Crippen molar-refractivity contribution in [1.82, 2.24) is 20.4 Å². The maximum atomic E-state index is 14.0. The summed E-state index contributed by atoms with van der Waals surface area (Å²) in [7, 11) is 0. The lowest BCUT2D eigenvalue weighted by molar-refractivity contribution is -0.164. The number of nitrogens with zero attached hydrogens (tertiary/aromatic N) is 2. The second-order valence-corrected chi connectivity index (χ2v) is 16.1. The molecule has 2 aliphatic heterocycles. The highest BCUT2D eigenvalue weighted by molar-refractivity contribution is 5.90. The molecule has 252 valence electrons. The number of hydrogen-bond acceptors (Lipinski definition) is 7. The Labute approximate surface area is 271 Å². The molecule has 0 radical (unpaired) electrons.